The lowest BCUT2D eigenvalue weighted by atomic mass is 10.0. The summed E-state index contributed by atoms with van der Waals surface area (Å²) in [6.45, 7) is 5.03. The van der Waals surface area contributed by atoms with Gasteiger partial charge in [-0.05, 0) is 31.0 Å². The maximum absolute atomic E-state index is 14.1. The molecular weight excluding hydrogens is 333 g/mol. The zero-order valence-electron chi connectivity index (χ0n) is 12.6. The van der Waals surface area contributed by atoms with E-state index in [9.17, 15) is 8.78 Å². The first-order valence-electron chi connectivity index (χ1n) is 7.29. The number of nitrogens with zero attached hydrogens (tertiary/aromatic N) is 1. The van der Waals surface area contributed by atoms with Gasteiger partial charge >= 0.3 is 0 Å². The van der Waals surface area contributed by atoms with Crippen molar-refractivity contribution in [2.45, 2.75) is 19.4 Å². The molecular formula is C15H22Cl2F2N2O. The van der Waals surface area contributed by atoms with E-state index >= 15 is 0 Å². The molecule has 1 N–H and O–H groups in total. The molecule has 126 valence electrons. The van der Waals surface area contributed by atoms with Crippen molar-refractivity contribution in [3.63, 3.8) is 0 Å². The number of piperazine rings is 1. The Morgan fingerprint density at radius 2 is 2.05 bits per heavy atom. The Morgan fingerprint density at radius 1 is 1.36 bits per heavy atom. The van der Waals surface area contributed by atoms with Gasteiger partial charge in [0.2, 0.25) is 0 Å². The molecule has 0 spiro atoms. The van der Waals surface area contributed by atoms with Crippen LogP contribution < -0.4 is 10.1 Å². The molecule has 0 unspecified atom stereocenters. The minimum atomic E-state index is -0.488. The van der Waals surface area contributed by atoms with Crippen LogP contribution in [0.4, 0.5) is 8.78 Å². The van der Waals surface area contributed by atoms with Crippen molar-refractivity contribution in [1.82, 2.24) is 10.2 Å². The highest BCUT2D eigenvalue weighted by Crippen LogP contribution is 2.34. The van der Waals surface area contributed by atoms with Gasteiger partial charge in [0.15, 0.2) is 11.6 Å². The van der Waals surface area contributed by atoms with E-state index in [1.165, 1.54) is 6.07 Å². The van der Waals surface area contributed by atoms with Crippen LogP contribution in [0.3, 0.4) is 0 Å². The fourth-order valence-electron chi connectivity index (χ4n) is 2.71. The second kappa shape index (κ2) is 9.50. The van der Waals surface area contributed by atoms with E-state index in [2.05, 4.69) is 10.2 Å². The average Bonchev–Trinajstić information content (AvgIpc) is 2.49. The molecule has 1 heterocycles. The third-order valence-corrected chi connectivity index (χ3v) is 3.95. The standard InChI is InChI=1S/C15H21ClF2N2O.ClH/c1-2-21-15-12(16)9-11(10-13(15)18)14(3-4-17)20-7-5-19-6-8-20;/h9-10,14,19H,2-8H2,1H3;1H/t14-;/m0./s1. The summed E-state index contributed by atoms with van der Waals surface area (Å²) >= 11 is 6.11. The largest absolute Gasteiger partial charge is 0.489 e. The number of hydrogen-bond donors (Lipinski definition) is 1. The highest BCUT2D eigenvalue weighted by Gasteiger charge is 2.24. The summed E-state index contributed by atoms with van der Waals surface area (Å²) in [5.74, 6) is -0.416. The normalized spacial score (nSPS) is 16.9. The molecule has 2 rings (SSSR count). The van der Waals surface area contributed by atoms with Gasteiger partial charge < -0.3 is 10.1 Å². The fourth-order valence-corrected chi connectivity index (χ4v) is 2.98. The van der Waals surface area contributed by atoms with Crippen LogP contribution in [0.2, 0.25) is 5.02 Å². The van der Waals surface area contributed by atoms with Crippen LogP contribution in [0, 0.1) is 5.82 Å². The van der Waals surface area contributed by atoms with Crippen LogP contribution >= 0.6 is 24.0 Å². The number of nitrogens with one attached hydrogen (secondary N) is 1. The Kier molecular flexibility index (Phi) is 8.39. The summed E-state index contributed by atoms with van der Waals surface area (Å²) in [5, 5.41) is 3.50. The van der Waals surface area contributed by atoms with E-state index in [0.29, 0.717) is 18.6 Å². The van der Waals surface area contributed by atoms with E-state index in [1.54, 1.807) is 13.0 Å². The summed E-state index contributed by atoms with van der Waals surface area (Å²) in [5.41, 5.74) is 0.709. The maximum Gasteiger partial charge on any atom is 0.173 e. The Hall–Kier alpha value is -0.620. The molecule has 22 heavy (non-hydrogen) atoms. The molecule has 0 aliphatic carbocycles. The van der Waals surface area contributed by atoms with Gasteiger partial charge in [0.25, 0.3) is 0 Å². The second-order valence-corrected chi connectivity index (χ2v) is 5.43. The number of alkyl halides is 1. The molecule has 0 amide bonds. The molecule has 1 aliphatic rings. The van der Waals surface area contributed by atoms with Crippen LogP contribution in [-0.2, 0) is 0 Å². The molecule has 0 saturated carbocycles. The fraction of sp³-hybridized carbons (Fsp3) is 0.600. The summed E-state index contributed by atoms with van der Waals surface area (Å²) in [6.07, 6.45) is 0.337. The molecule has 0 bridgehead atoms. The van der Waals surface area contributed by atoms with E-state index < -0.39 is 12.5 Å². The third kappa shape index (κ3) is 4.69. The first kappa shape index (κ1) is 19.4. The molecule has 1 fully saturated rings. The highest BCUT2D eigenvalue weighted by molar-refractivity contribution is 6.32. The van der Waals surface area contributed by atoms with Gasteiger partial charge in [0.1, 0.15) is 0 Å². The van der Waals surface area contributed by atoms with Crippen LogP contribution in [-0.4, -0.2) is 44.4 Å². The predicted octanol–water partition coefficient (Wildman–Crippen LogP) is 3.61. The van der Waals surface area contributed by atoms with Gasteiger partial charge in [0, 0.05) is 32.2 Å². The van der Waals surface area contributed by atoms with Crippen molar-refractivity contribution >= 4 is 24.0 Å². The molecule has 1 aliphatic heterocycles. The number of ether oxygens (including phenoxy) is 1. The summed E-state index contributed by atoms with van der Waals surface area (Å²) in [7, 11) is 0. The first-order valence-corrected chi connectivity index (χ1v) is 7.67. The molecule has 1 saturated heterocycles. The van der Waals surface area contributed by atoms with Crippen molar-refractivity contribution in [2.75, 3.05) is 39.5 Å². The van der Waals surface area contributed by atoms with Gasteiger partial charge in [-0.2, -0.15) is 0 Å². The Morgan fingerprint density at radius 3 is 2.59 bits per heavy atom. The molecule has 3 nitrogen and oxygen atoms in total. The monoisotopic (exact) mass is 354 g/mol. The van der Waals surface area contributed by atoms with Crippen LogP contribution in [0.5, 0.6) is 5.75 Å². The maximum atomic E-state index is 14.1. The number of benzene rings is 1. The molecule has 7 heteroatoms. The van der Waals surface area contributed by atoms with Crippen molar-refractivity contribution < 1.29 is 13.5 Å². The smallest absolute Gasteiger partial charge is 0.173 e. The number of halogens is 4. The van der Waals surface area contributed by atoms with E-state index in [0.717, 1.165) is 26.2 Å². The summed E-state index contributed by atoms with van der Waals surface area (Å²) < 4.78 is 32.2. The second-order valence-electron chi connectivity index (χ2n) is 5.03. The molecule has 1 aromatic rings. The number of rotatable bonds is 6. The Bertz CT molecular complexity index is 448. The van der Waals surface area contributed by atoms with E-state index in [-0.39, 0.29) is 29.2 Å². The molecule has 1 atom stereocenters. The SMILES string of the molecule is CCOc1c(F)cc([C@H](CCF)N2CCNCC2)cc1Cl.Cl. The van der Waals surface area contributed by atoms with E-state index in [4.69, 9.17) is 16.3 Å². The first-order chi connectivity index (χ1) is 10.2. The lowest BCUT2D eigenvalue weighted by Crippen LogP contribution is -2.45. The van der Waals surface area contributed by atoms with Gasteiger partial charge in [-0.3, -0.25) is 9.29 Å². The molecule has 1 aromatic carbocycles. The Labute approximate surface area is 141 Å². The van der Waals surface area contributed by atoms with Crippen molar-refractivity contribution in [3.8, 4) is 5.75 Å². The summed E-state index contributed by atoms with van der Waals surface area (Å²) in [4.78, 5) is 2.17. The van der Waals surface area contributed by atoms with Crippen molar-refractivity contribution in [1.29, 1.82) is 0 Å². The topological polar surface area (TPSA) is 24.5 Å². The van der Waals surface area contributed by atoms with Gasteiger partial charge in [-0.15, -0.1) is 12.4 Å². The van der Waals surface area contributed by atoms with E-state index in [1.807, 2.05) is 0 Å². The van der Waals surface area contributed by atoms with Crippen LogP contribution in [0.1, 0.15) is 24.9 Å². The highest BCUT2D eigenvalue weighted by atomic mass is 35.5. The van der Waals surface area contributed by atoms with Crippen LogP contribution in [0.25, 0.3) is 0 Å². The van der Waals surface area contributed by atoms with Gasteiger partial charge in [-0.25, -0.2) is 4.39 Å². The lowest BCUT2D eigenvalue weighted by molar-refractivity contribution is 0.157. The van der Waals surface area contributed by atoms with Crippen LogP contribution in [0.15, 0.2) is 12.1 Å². The third-order valence-electron chi connectivity index (χ3n) is 3.67. The quantitative estimate of drug-likeness (QED) is 0.844. The van der Waals surface area contributed by atoms with Gasteiger partial charge in [0.05, 0.1) is 18.3 Å². The minimum absolute atomic E-state index is 0. The molecule has 0 radical (unpaired) electrons. The zero-order valence-corrected chi connectivity index (χ0v) is 14.2. The summed E-state index contributed by atoms with van der Waals surface area (Å²) in [6, 6.07) is 2.96. The molecule has 0 aromatic heterocycles. The zero-order chi connectivity index (χ0) is 15.2. The average molecular weight is 355 g/mol. The van der Waals surface area contributed by atoms with Crippen molar-refractivity contribution in [3.05, 3.63) is 28.5 Å². The van der Waals surface area contributed by atoms with Gasteiger partial charge in [-0.1, -0.05) is 11.6 Å². The lowest BCUT2D eigenvalue weighted by Gasteiger charge is -2.35. The predicted molar refractivity (Wildman–Crippen MR) is 87.6 cm³/mol. The minimum Gasteiger partial charge on any atom is -0.489 e. The Balaban J connectivity index is 0.00000242. The van der Waals surface area contributed by atoms with Crippen molar-refractivity contribution in [2.24, 2.45) is 0 Å². The number of hydrogen-bond acceptors (Lipinski definition) is 3.